The van der Waals surface area contributed by atoms with Crippen molar-refractivity contribution >= 4 is 6.09 Å². The first-order valence-electron chi connectivity index (χ1n) is 7.21. The molecule has 24 heavy (non-hydrogen) atoms. The van der Waals surface area contributed by atoms with E-state index in [0.29, 0.717) is 11.3 Å². The molecule has 128 valence electrons. The molecule has 0 aliphatic heterocycles. The monoisotopic (exact) mass is 339 g/mol. The number of halogens is 3. The van der Waals surface area contributed by atoms with Crippen molar-refractivity contribution in [1.82, 2.24) is 15.3 Å². The molecule has 0 bridgehead atoms. The van der Waals surface area contributed by atoms with Gasteiger partial charge in [0.1, 0.15) is 6.33 Å². The Morgan fingerprint density at radius 2 is 2.00 bits per heavy atom. The number of alkyl halides is 3. The highest BCUT2D eigenvalue weighted by Gasteiger charge is 2.37. The topological polar surface area (TPSA) is 64.1 Å². The number of ether oxygens (including phenoxy) is 1. The van der Waals surface area contributed by atoms with Crippen LogP contribution in [0.25, 0.3) is 0 Å². The zero-order valence-corrected chi connectivity index (χ0v) is 13.1. The van der Waals surface area contributed by atoms with Gasteiger partial charge in [0.05, 0.1) is 5.56 Å². The lowest BCUT2D eigenvalue weighted by atomic mass is 9.96. The number of hydrogen-bond donors (Lipinski definition) is 1. The number of aryl methyl sites for hydroxylation is 1. The number of aromatic nitrogens is 2. The Hall–Kier alpha value is -2.64. The lowest BCUT2D eigenvalue weighted by Gasteiger charge is -2.23. The lowest BCUT2D eigenvalue weighted by molar-refractivity contribution is -0.139. The van der Waals surface area contributed by atoms with Gasteiger partial charge in [-0.2, -0.15) is 13.2 Å². The summed E-state index contributed by atoms with van der Waals surface area (Å²) in [4.78, 5) is 19.6. The van der Waals surface area contributed by atoms with Crippen LogP contribution in [0.2, 0.25) is 0 Å². The Balaban J connectivity index is 2.56. The average Bonchev–Trinajstić information content (AvgIpc) is 2.53. The van der Waals surface area contributed by atoms with E-state index >= 15 is 0 Å². The van der Waals surface area contributed by atoms with Gasteiger partial charge in [-0.3, -0.25) is 0 Å². The maximum atomic E-state index is 13.3. The van der Waals surface area contributed by atoms with E-state index in [0.717, 1.165) is 6.07 Å². The van der Waals surface area contributed by atoms with E-state index < -0.39 is 23.9 Å². The summed E-state index contributed by atoms with van der Waals surface area (Å²) < 4.78 is 45.2. The molecule has 1 aromatic heterocycles. The standard InChI is InChI=1S/C16H16F3N3O2/c1-3-21-15(23)24-14(12-8-20-9-22-10(12)2)11-6-4-5-7-13(11)16(17,18)19/h4-9,14H,3H2,1-2H3,(H,21,23). The summed E-state index contributed by atoms with van der Waals surface area (Å²) in [5.41, 5.74) is -0.326. The second kappa shape index (κ2) is 7.29. The average molecular weight is 339 g/mol. The number of carbonyl (C=O) groups excluding carboxylic acids is 1. The van der Waals surface area contributed by atoms with Crippen molar-refractivity contribution in [3.63, 3.8) is 0 Å². The molecule has 0 fully saturated rings. The molecule has 0 saturated carbocycles. The third-order valence-electron chi connectivity index (χ3n) is 3.33. The number of alkyl carbamates (subject to hydrolysis) is 1. The number of rotatable bonds is 4. The first-order chi connectivity index (χ1) is 11.3. The number of carbonyl (C=O) groups is 1. The maximum Gasteiger partial charge on any atom is 0.416 e. The third-order valence-corrected chi connectivity index (χ3v) is 3.33. The molecule has 8 heteroatoms. The summed E-state index contributed by atoms with van der Waals surface area (Å²) in [6, 6.07) is 4.96. The summed E-state index contributed by atoms with van der Waals surface area (Å²) in [6.07, 6.45) is -4.04. The van der Waals surface area contributed by atoms with Gasteiger partial charge < -0.3 is 10.1 Å². The molecule has 1 heterocycles. The predicted molar refractivity (Wildman–Crippen MR) is 80.2 cm³/mol. The van der Waals surface area contributed by atoms with Gasteiger partial charge in [-0.15, -0.1) is 0 Å². The summed E-state index contributed by atoms with van der Waals surface area (Å²) in [6.45, 7) is 3.58. The Bertz CT molecular complexity index is 720. The zero-order chi connectivity index (χ0) is 17.7. The van der Waals surface area contributed by atoms with Crippen molar-refractivity contribution in [1.29, 1.82) is 0 Å². The van der Waals surface area contributed by atoms with Crippen LogP contribution in [-0.2, 0) is 10.9 Å². The fourth-order valence-corrected chi connectivity index (χ4v) is 2.23. The highest BCUT2D eigenvalue weighted by molar-refractivity contribution is 5.68. The summed E-state index contributed by atoms with van der Waals surface area (Å²) in [5.74, 6) is 0. The Morgan fingerprint density at radius 3 is 2.62 bits per heavy atom. The molecule has 1 unspecified atom stereocenters. The van der Waals surface area contributed by atoms with Crippen molar-refractivity contribution < 1.29 is 22.7 Å². The van der Waals surface area contributed by atoms with Gasteiger partial charge in [0.15, 0.2) is 6.10 Å². The van der Waals surface area contributed by atoms with Gasteiger partial charge in [-0.1, -0.05) is 18.2 Å². The van der Waals surface area contributed by atoms with E-state index in [9.17, 15) is 18.0 Å². The number of amides is 1. The molecular weight excluding hydrogens is 323 g/mol. The van der Waals surface area contributed by atoms with Crippen LogP contribution in [-0.4, -0.2) is 22.6 Å². The zero-order valence-electron chi connectivity index (χ0n) is 13.1. The molecule has 0 aliphatic carbocycles. The number of hydrogen-bond acceptors (Lipinski definition) is 4. The SMILES string of the molecule is CCNC(=O)OC(c1ccccc1C(F)(F)F)c1cncnc1C. The predicted octanol–water partition coefficient (Wildman–Crippen LogP) is 3.64. The molecule has 1 aromatic carbocycles. The quantitative estimate of drug-likeness (QED) is 0.924. The van der Waals surface area contributed by atoms with Crippen LogP contribution in [0.5, 0.6) is 0 Å². The summed E-state index contributed by atoms with van der Waals surface area (Å²) >= 11 is 0. The van der Waals surface area contributed by atoms with Crippen molar-refractivity contribution in [3.8, 4) is 0 Å². The molecule has 0 radical (unpaired) electrons. The Labute approximate surface area is 136 Å². The first-order valence-corrected chi connectivity index (χ1v) is 7.21. The van der Waals surface area contributed by atoms with Crippen LogP contribution in [0.4, 0.5) is 18.0 Å². The van der Waals surface area contributed by atoms with Crippen molar-refractivity contribution in [3.05, 3.63) is 59.2 Å². The van der Waals surface area contributed by atoms with Crippen LogP contribution < -0.4 is 5.32 Å². The molecule has 2 aromatic rings. The number of benzene rings is 1. The van der Waals surface area contributed by atoms with Crippen LogP contribution in [0.15, 0.2) is 36.8 Å². The van der Waals surface area contributed by atoms with E-state index in [1.54, 1.807) is 13.8 Å². The molecule has 5 nitrogen and oxygen atoms in total. The van der Waals surface area contributed by atoms with Gasteiger partial charge in [0.2, 0.25) is 0 Å². The van der Waals surface area contributed by atoms with E-state index in [4.69, 9.17) is 4.74 Å². The van der Waals surface area contributed by atoms with Crippen LogP contribution in [0.3, 0.4) is 0 Å². The van der Waals surface area contributed by atoms with Gasteiger partial charge in [-0.25, -0.2) is 14.8 Å². The highest BCUT2D eigenvalue weighted by Crippen LogP contribution is 2.38. The number of nitrogens with zero attached hydrogens (tertiary/aromatic N) is 2. The third kappa shape index (κ3) is 4.01. The maximum absolute atomic E-state index is 13.3. The molecule has 1 N–H and O–H groups in total. The second-order valence-electron chi connectivity index (χ2n) is 4.96. The van der Waals surface area contributed by atoms with E-state index in [1.165, 1.54) is 30.7 Å². The minimum Gasteiger partial charge on any atom is -0.436 e. The summed E-state index contributed by atoms with van der Waals surface area (Å²) in [7, 11) is 0. The van der Waals surface area contributed by atoms with Gasteiger partial charge in [-0.05, 0) is 19.9 Å². The van der Waals surface area contributed by atoms with Crippen LogP contribution in [0, 0.1) is 6.92 Å². The molecular formula is C16H16F3N3O2. The van der Waals surface area contributed by atoms with Crippen LogP contribution in [0.1, 0.15) is 35.4 Å². The van der Waals surface area contributed by atoms with Crippen molar-refractivity contribution in [2.45, 2.75) is 26.1 Å². The minimum absolute atomic E-state index is 0.172. The normalized spacial score (nSPS) is 12.5. The molecule has 0 spiro atoms. The smallest absolute Gasteiger partial charge is 0.416 e. The molecule has 2 rings (SSSR count). The Kier molecular flexibility index (Phi) is 5.38. The second-order valence-corrected chi connectivity index (χ2v) is 4.96. The lowest BCUT2D eigenvalue weighted by Crippen LogP contribution is -2.27. The minimum atomic E-state index is -4.58. The fourth-order valence-electron chi connectivity index (χ4n) is 2.23. The van der Waals surface area contributed by atoms with E-state index in [1.807, 2.05) is 0 Å². The highest BCUT2D eigenvalue weighted by atomic mass is 19.4. The fraction of sp³-hybridized carbons (Fsp3) is 0.312. The van der Waals surface area contributed by atoms with Gasteiger partial charge in [0.25, 0.3) is 0 Å². The van der Waals surface area contributed by atoms with Crippen molar-refractivity contribution in [2.24, 2.45) is 0 Å². The van der Waals surface area contributed by atoms with E-state index in [2.05, 4.69) is 15.3 Å². The van der Waals surface area contributed by atoms with Gasteiger partial charge in [0, 0.05) is 29.6 Å². The number of nitrogens with one attached hydrogen (secondary N) is 1. The molecule has 0 saturated heterocycles. The summed E-state index contributed by atoms with van der Waals surface area (Å²) in [5, 5.41) is 2.41. The molecule has 1 amide bonds. The molecule has 1 atom stereocenters. The first kappa shape index (κ1) is 17.7. The van der Waals surface area contributed by atoms with Gasteiger partial charge >= 0.3 is 12.3 Å². The van der Waals surface area contributed by atoms with Crippen LogP contribution >= 0.6 is 0 Å². The Morgan fingerprint density at radius 1 is 1.29 bits per heavy atom. The largest absolute Gasteiger partial charge is 0.436 e. The van der Waals surface area contributed by atoms with Crippen molar-refractivity contribution in [2.75, 3.05) is 6.54 Å². The van der Waals surface area contributed by atoms with E-state index in [-0.39, 0.29) is 12.1 Å². The molecule has 0 aliphatic rings.